The van der Waals surface area contributed by atoms with Gasteiger partial charge in [0.1, 0.15) is 12.4 Å². The van der Waals surface area contributed by atoms with Crippen molar-refractivity contribution in [3.8, 4) is 5.75 Å². The van der Waals surface area contributed by atoms with Crippen LogP contribution in [0.15, 0.2) is 36.4 Å². The highest BCUT2D eigenvalue weighted by molar-refractivity contribution is 6.74. The minimum atomic E-state index is -1.81. The van der Waals surface area contributed by atoms with Gasteiger partial charge in [0.2, 0.25) is 0 Å². The van der Waals surface area contributed by atoms with Crippen molar-refractivity contribution in [2.45, 2.75) is 65.8 Å². The first-order valence-corrected chi connectivity index (χ1v) is 11.6. The third-order valence-electron chi connectivity index (χ3n) is 3.87. The zero-order valence-corrected chi connectivity index (χ0v) is 17.7. The van der Waals surface area contributed by atoms with Crippen LogP contribution in [-0.2, 0) is 4.43 Å². The molecule has 1 aromatic carbocycles. The van der Waals surface area contributed by atoms with Gasteiger partial charge in [-0.2, -0.15) is 0 Å². The summed E-state index contributed by atoms with van der Waals surface area (Å²) in [7, 11) is -1.81. The summed E-state index contributed by atoms with van der Waals surface area (Å²) in [5.41, 5.74) is 0. The van der Waals surface area contributed by atoms with Crippen LogP contribution < -0.4 is 4.74 Å². The molecule has 0 aliphatic heterocycles. The van der Waals surface area contributed by atoms with Crippen LogP contribution in [0.25, 0.3) is 0 Å². The smallest absolute Gasteiger partial charge is 0.193 e. The van der Waals surface area contributed by atoms with Gasteiger partial charge in [-0.25, -0.2) is 0 Å². The van der Waals surface area contributed by atoms with Crippen molar-refractivity contribution in [2.75, 3.05) is 6.61 Å². The van der Waals surface area contributed by atoms with Crippen LogP contribution in [0.5, 0.6) is 5.75 Å². The highest BCUT2D eigenvalue weighted by Crippen LogP contribution is 2.37. The zero-order chi connectivity index (χ0) is 18.1. The Morgan fingerprint density at radius 1 is 1.22 bits per heavy atom. The third kappa shape index (κ3) is 8.05. The van der Waals surface area contributed by atoms with E-state index in [2.05, 4.69) is 39.9 Å². The van der Waals surface area contributed by atoms with Gasteiger partial charge in [-0.3, -0.25) is 0 Å². The average molecular weight is 357 g/mol. The molecule has 0 heterocycles. The molecule has 0 unspecified atom stereocenters. The molecule has 132 valence electrons. The predicted octanol–water partition coefficient (Wildman–Crippen LogP) is 6.71. The highest BCUT2D eigenvalue weighted by atomic mass is 35.5. The number of allylic oxidation sites excluding steroid dienone is 1. The first-order valence-electron chi connectivity index (χ1n) is 8.35. The maximum absolute atomic E-state index is 6.39. The Morgan fingerprint density at radius 2 is 1.83 bits per heavy atom. The molecule has 2 nitrogen and oxygen atoms in total. The lowest BCUT2D eigenvalue weighted by Gasteiger charge is -2.38. The summed E-state index contributed by atoms with van der Waals surface area (Å²) in [5.74, 6) is 0.774. The lowest BCUT2D eigenvalue weighted by Crippen LogP contribution is -2.44. The van der Waals surface area contributed by atoms with Gasteiger partial charge < -0.3 is 9.16 Å². The van der Waals surface area contributed by atoms with E-state index < -0.39 is 8.32 Å². The second kappa shape index (κ2) is 10.2. The van der Waals surface area contributed by atoms with Crippen LogP contribution in [0.4, 0.5) is 0 Å². The molecule has 0 saturated carbocycles. The van der Waals surface area contributed by atoms with Crippen molar-refractivity contribution in [2.24, 2.45) is 0 Å². The van der Waals surface area contributed by atoms with E-state index >= 15 is 0 Å². The molecule has 1 rings (SSSR count). The molecule has 1 aromatic rings. The Balaban J connectivity index is 0.00000232. The fourth-order valence-corrected chi connectivity index (χ4v) is 3.07. The lowest BCUT2D eigenvalue weighted by atomic mass is 10.2. The summed E-state index contributed by atoms with van der Waals surface area (Å²) in [4.78, 5) is 0. The van der Waals surface area contributed by atoms with E-state index in [0.717, 1.165) is 5.75 Å². The lowest BCUT2D eigenvalue weighted by molar-refractivity contribution is 0.150. The monoisotopic (exact) mass is 356 g/mol. The summed E-state index contributed by atoms with van der Waals surface area (Å²) in [6.45, 7) is 17.7. The highest BCUT2D eigenvalue weighted by Gasteiger charge is 2.38. The molecule has 0 amide bonds. The van der Waals surface area contributed by atoms with Crippen LogP contribution in [0.2, 0.25) is 23.2 Å². The molecule has 0 saturated heterocycles. The van der Waals surface area contributed by atoms with Crippen molar-refractivity contribution < 1.29 is 9.16 Å². The summed E-state index contributed by atoms with van der Waals surface area (Å²) in [5, 5.41) is 0.864. The van der Waals surface area contributed by atoms with Crippen molar-refractivity contribution in [3.63, 3.8) is 0 Å². The number of benzene rings is 1. The normalized spacial score (nSPS) is 13.4. The van der Waals surface area contributed by atoms with Crippen LogP contribution in [-0.4, -0.2) is 21.0 Å². The van der Waals surface area contributed by atoms with E-state index in [0.29, 0.717) is 11.6 Å². The Bertz CT molecular complexity index is 479. The quantitative estimate of drug-likeness (QED) is 0.416. The Labute approximate surface area is 149 Å². The van der Waals surface area contributed by atoms with Gasteiger partial charge in [0.25, 0.3) is 0 Å². The number of rotatable bonds is 6. The number of halogens is 1. The summed E-state index contributed by atoms with van der Waals surface area (Å²) < 4.78 is 12.2. The predicted molar refractivity (Wildman–Crippen MR) is 105 cm³/mol. The largest absolute Gasteiger partial charge is 0.491 e. The van der Waals surface area contributed by atoms with Crippen molar-refractivity contribution >= 4 is 19.9 Å². The van der Waals surface area contributed by atoms with Crippen LogP contribution >= 0.6 is 11.6 Å². The molecule has 0 bridgehead atoms. The Kier molecular flexibility index (Phi) is 9.82. The van der Waals surface area contributed by atoms with Gasteiger partial charge in [-0.05, 0) is 43.3 Å². The summed E-state index contributed by atoms with van der Waals surface area (Å²) >= 11 is 5.97. The second-order valence-corrected chi connectivity index (χ2v) is 11.9. The van der Waals surface area contributed by atoms with Gasteiger partial charge in [-0.15, -0.1) is 0 Å². The molecule has 0 aliphatic rings. The molecule has 0 aromatic heterocycles. The minimum absolute atomic E-state index is 0.0325. The number of ether oxygens (including phenoxy) is 1. The van der Waals surface area contributed by atoms with E-state index in [1.54, 1.807) is 0 Å². The molecule has 0 fully saturated rings. The fourth-order valence-electron chi connectivity index (χ4n) is 1.63. The standard InChI is InChI=1S/C17H27ClO2Si.C2H6/c1-7-9-16(20-21(5,6)17(2,3)4)13-19-15-11-8-10-14(18)12-15;1-2/h7-12,16H,13H2,1-6H3;1-2H3/b9-7+;/t16-;/m1./s1. The topological polar surface area (TPSA) is 18.5 Å². The molecule has 0 spiro atoms. The Hall–Kier alpha value is -0.773. The van der Waals surface area contributed by atoms with E-state index in [-0.39, 0.29) is 11.1 Å². The van der Waals surface area contributed by atoms with Gasteiger partial charge in [-0.1, -0.05) is 64.4 Å². The third-order valence-corrected chi connectivity index (χ3v) is 8.61. The second-order valence-electron chi connectivity index (χ2n) is 6.71. The van der Waals surface area contributed by atoms with Gasteiger partial charge in [0, 0.05) is 5.02 Å². The number of hydrogen-bond acceptors (Lipinski definition) is 2. The van der Waals surface area contributed by atoms with Crippen molar-refractivity contribution in [1.82, 2.24) is 0 Å². The summed E-state index contributed by atoms with van der Waals surface area (Å²) in [6.07, 6.45) is 4.04. The maximum Gasteiger partial charge on any atom is 0.193 e. The number of hydrogen-bond donors (Lipinski definition) is 0. The molecule has 4 heteroatoms. The molecular formula is C19H33ClO2Si. The van der Waals surface area contributed by atoms with Crippen LogP contribution in [0, 0.1) is 0 Å². The minimum Gasteiger partial charge on any atom is -0.491 e. The van der Waals surface area contributed by atoms with E-state index in [1.165, 1.54) is 0 Å². The Morgan fingerprint density at radius 3 is 2.30 bits per heavy atom. The first kappa shape index (κ1) is 22.2. The van der Waals surface area contributed by atoms with Crippen LogP contribution in [0.3, 0.4) is 0 Å². The average Bonchev–Trinajstić information content (AvgIpc) is 2.46. The molecule has 1 atom stereocenters. The van der Waals surface area contributed by atoms with Crippen molar-refractivity contribution in [1.29, 1.82) is 0 Å². The molecular weight excluding hydrogens is 324 g/mol. The van der Waals surface area contributed by atoms with Crippen molar-refractivity contribution in [3.05, 3.63) is 41.4 Å². The molecule has 0 radical (unpaired) electrons. The van der Waals surface area contributed by atoms with E-state index in [9.17, 15) is 0 Å². The van der Waals surface area contributed by atoms with Crippen LogP contribution in [0.1, 0.15) is 41.5 Å². The molecule has 23 heavy (non-hydrogen) atoms. The molecule has 0 N–H and O–H groups in total. The van der Waals surface area contributed by atoms with E-state index in [4.69, 9.17) is 20.8 Å². The van der Waals surface area contributed by atoms with Gasteiger partial charge in [0.05, 0.1) is 6.10 Å². The van der Waals surface area contributed by atoms with E-state index in [1.807, 2.05) is 51.1 Å². The van der Waals surface area contributed by atoms with Gasteiger partial charge in [0.15, 0.2) is 8.32 Å². The SMILES string of the molecule is C/C=C/[C@H](COc1cccc(Cl)c1)O[Si](C)(C)C(C)(C)C.CC. The van der Waals surface area contributed by atoms with Gasteiger partial charge >= 0.3 is 0 Å². The maximum atomic E-state index is 6.39. The zero-order valence-electron chi connectivity index (χ0n) is 15.9. The first-order chi connectivity index (χ1) is 10.7. The summed E-state index contributed by atoms with van der Waals surface area (Å²) in [6, 6.07) is 7.45. The fraction of sp³-hybridized carbons (Fsp3) is 0.579. The molecule has 0 aliphatic carbocycles.